The van der Waals surface area contributed by atoms with Gasteiger partial charge in [-0.1, -0.05) is 12.1 Å². The third kappa shape index (κ3) is 5.06. The molecule has 0 spiro atoms. The highest BCUT2D eigenvalue weighted by Gasteiger charge is 2.09. The lowest BCUT2D eigenvalue weighted by Gasteiger charge is -2.20. The minimum atomic E-state index is 0.0930. The molecule has 0 atom stereocenters. The standard InChI is InChI=1S/C17H22N2OS/c1-17(2,3)19-12-13-9-10-18-16(11-13)20-14-7-5-6-8-15(14)21-4/h5-11,19H,12H2,1-4H3. The minimum Gasteiger partial charge on any atom is -0.438 e. The zero-order chi connectivity index (χ0) is 15.3. The summed E-state index contributed by atoms with van der Waals surface area (Å²) in [6, 6.07) is 12.0. The summed E-state index contributed by atoms with van der Waals surface area (Å²) in [5.41, 5.74) is 1.26. The van der Waals surface area contributed by atoms with Crippen molar-refractivity contribution in [2.45, 2.75) is 37.8 Å². The summed E-state index contributed by atoms with van der Waals surface area (Å²) in [6.45, 7) is 7.26. The Morgan fingerprint density at radius 3 is 2.67 bits per heavy atom. The lowest BCUT2D eigenvalue weighted by Crippen LogP contribution is -2.35. The van der Waals surface area contributed by atoms with Crippen molar-refractivity contribution >= 4 is 11.8 Å². The van der Waals surface area contributed by atoms with Gasteiger partial charge >= 0.3 is 0 Å². The summed E-state index contributed by atoms with van der Waals surface area (Å²) in [5.74, 6) is 1.48. The van der Waals surface area contributed by atoms with E-state index in [2.05, 4.69) is 31.1 Å². The predicted molar refractivity (Wildman–Crippen MR) is 89.1 cm³/mol. The highest BCUT2D eigenvalue weighted by molar-refractivity contribution is 7.98. The second kappa shape index (κ2) is 6.96. The van der Waals surface area contributed by atoms with Crippen molar-refractivity contribution < 1.29 is 4.74 Å². The van der Waals surface area contributed by atoms with Crippen LogP contribution in [0.4, 0.5) is 0 Å². The summed E-state index contributed by atoms with van der Waals surface area (Å²) in [6.07, 6.45) is 3.83. The molecule has 0 aliphatic heterocycles. The number of hydrogen-bond acceptors (Lipinski definition) is 4. The van der Waals surface area contributed by atoms with E-state index in [4.69, 9.17) is 4.74 Å². The Balaban J connectivity index is 2.10. The summed E-state index contributed by atoms with van der Waals surface area (Å²) in [7, 11) is 0. The first-order chi connectivity index (χ1) is 9.98. The number of para-hydroxylation sites is 1. The van der Waals surface area contributed by atoms with Crippen molar-refractivity contribution in [2.24, 2.45) is 0 Å². The lowest BCUT2D eigenvalue weighted by molar-refractivity contribution is 0.421. The molecular formula is C17H22N2OS. The summed E-state index contributed by atoms with van der Waals surface area (Å²) in [4.78, 5) is 5.40. The third-order valence-corrected chi connectivity index (χ3v) is 3.68. The van der Waals surface area contributed by atoms with Gasteiger partial charge in [0.1, 0.15) is 5.75 Å². The van der Waals surface area contributed by atoms with E-state index >= 15 is 0 Å². The molecule has 0 fully saturated rings. The van der Waals surface area contributed by atoms with E-state index in [9.17, 15) is 0 Å². The summed E-state index contributed by atoms with van der Waals surface area (Å²) < 4.78 is 5.91. The maximum atomic E-state index is 5.91. The summed E-state index contributed by atoms with van der Waals surface area (Å²) in [5, 5.41) is 3.46. The average Bonchev–Trinajstić information content (AvgIpc) is 2.45. The van der Waals surface area contributed by atoms with Gasteiger partial charge < -0.3 is 10.1 Å². The summed E-state index contributed by atoms with van der Waals surface area (Å²) >= 11 is 1.67. The fraction of sp³-hybridized carbons (Fsp3) is 0.353. The molecule has 0 aliphatic carbocycles. The van der Waals surface area contributed by atoms with Gasteiger partial charge in [0.05, 0.1) is 0 Å². The van der Waals surface area contributed by atoms with E-state index in [1.54, 1.807) is 18.0 Å². The SMILES string of the molecule is CSc1ccccc1Oc1cc(CNC(C)(C)C)ccn1. The molecule has 0 amide bonds. The normalized spacial score (nSPS) is 11.4. The Morgan fingerprint density at radius 2 is 1.95 bits per heavy atom. The van der Waals surface area contributed by atoms with Gasteiger partial charge in [0.15, 0.2) is 0 Å². The van der Waals surface area contributed by atoms with Crippen molar-refractivity contribution in [1.29, 1.82) is 0 Å². The van der Waals surface area contributed by atoms with Crippen LogP contribution in [0.1, 0.15) is 26.3 Å². The molecule has 0 aliphatic rings. The number of aromatic nitrogens is 1. The van der Waals surface area contributed by atoms with Gasteiger partial charge in [-0.25, -0.2) is 4.98 Å². The third-order valence-electron chi connectivity index (χ3n) is 2.91. The van der Waals surface area contributed by atoms with Gasteiger partial charge in [0, 0.05) is 29.2 Å². The van der Waals surface area contributed by atoms with E-state index in [1.165, 1.54) is 0 Å². The highest BCUT2D eigenvalue weighted by Crippen LogP contribution is 2.30. The second-order valence-electron chi connectivity index (χ2n) is 5.86. The molecule has 112 valence electrons. The van der Waals surface area contributed by atoms with Gasteiger partial charge in [-0.2, -0.15) is 0 Å². The van der Waals surface area contributed by atoms with Crippen molar-refractivity contribution in [3.05, 3.63) is 48.2 Å². The van der Waals surface area contributed by atoms with Crippen LogP contribution in [0, 0.1) is 0 Å². The first kappa shape index (κ1) is 15.9. The van der Waals surface area contributed by atoms with Crippen LogP contribution in [0.3, 0.4) is 0 Å². The molecule has 2 aromatic rings. The van der Waals surface area contributed by atoms with E-state index < -0.39 is 0 Å². The number of nitrogens with one attached hydrogen (secondary N) is 1. The first-order valence-corrected chi connectivity index (χ1v) is 8.21. The van der Waals surface area contributed by atoms with Gasteiger partial charge in [0.2, 0.25) is 5.88 Å². The number of thioether (sulfide) groups is 1. The molecule has 1 aromatic carbocycles. The smallest absolute Gasteiger partial charge is 0.219 e. The lowest BCUT2D eigenvalue weighted by atomic mass is 10.1. The Labute approximate surface area is 131 Å². The van der Waals surface area contributed by atoms with Gasteiger partial charge in [-0.3, -0.25) is 0 Å². The van der Waals surface area contributed by atoms with E-state index in [1.807, 2.05) is 42.7 Å². The van der Waals surface area contributed by atoms with E-state index in [0.717, 1.165) is 22.8 Å². The molecule has 0 radical (unpaired) electrons. The molecule has 0 bridgehead atoms. The topological polar surface area (TPSA) is 34.1 Å². The largest absolute Gasteiger partial charge is 0.438 e. The predicted octanol–water partition coefficient (Wildman–Crippen LogP) is 4.48. The Morgan fingerprint density at radius 1 is 1.19 bits per heavy atom. The number of pyridine rings is 1. The molecule has 1 N–H and O–H groups in total. The monoisotopic (exact) mass is 302 g/mol. The van der Waals surface area contributed by atoms with Gasteiger partial charge in [0.25, 0.3) is 0 Å². The Bertz CT molecular complexity index is 593. The molecule has 1 heterocycles. The quantitative estimate of drug-likeness (QED) is 0.826. The number of benzene rings is 1. The molecule has 0 unspecified atom stereocenters. The Kier molecular flexibility index (Phi) is 5.26. The molecule has 0 saturated carbocycles. The van der Waals surface area contributed by atoms with Gasteiger partial charge in [-0.05, 0) is 50.8 Å². The molecular weight excluding hydrogens is 280 g/mol. The maximum Gasteiger partial charge on any atom is 0.219 e. The van der Waals surface area contributed by atoms with Crippen LogP contribution in [0.5, 0.6) is 11.6 Å². The maximum absolute atomic E-state index is 5.91. The second-order valence-corrected chi connectivity index (χ2v) is 6.71. The zero-order valence-electron chi connectivity index (χ0n) is 13.0. The number of rotatable bonds is 5. The van der Waals surface area contributed by atoms with Crippen LogP contribution in [0.15, 0.2) is 47.5 Å². The molecule has 4 heteroatoms. The zero-order valence-corrected chi connectivity index (χ0v) is 13.8. The van der Waals surface area contributed by atoms with Crippen molar-refractivity contribution in [2.75, 3.05) is 6.26 Å². The average molecular weight is 302 g/mol. The first-order valence-electron chi connectivity index (χ1n) is 6.99. The highest BCUT2D eigenvalue weighted by atomic mass is 32.2. The van der Waals surface area contributed by atoms with Crippen LogP contribution in [-0.2, 0) is 6.54 Å². The van der Waals surface area contributed by atoms with Gasteiger partial charge in [-0.15, -0.1) is 11.8 Å². The number of nitrogens with zero attached hydrogens (tertiary/aromatic N) is 1. The Hall–Kier alpha value is -1.52. The molecule has 21 heavy (non-hydrogen) atoms. The van der Waals surface area contributed by atoms with Crippen LogP contribution in [0.25, 0.3) is 0 Å². The molecule has 0 saturated heterocycles. The van der Waals surface area contributed by atoms with Crippen molar-refractivity contribution in [1.82, 2.24) is 10.3 Å². The molecule has 1 aromatic heterocycles. The van der Waals surface area contributed by atoms with Crippen LogP contribution in [0.2, 0.25) is 0 Å². The number of hydrogen-bond donors (Lipinski definition) is 1. The van der Waals surface area contributed by atoms with Crippen molar-refractivity contribution in [3.8, 4) is 11.6 Å². The van der Waals surface area contributed by atoms with Crippen LogP contribution >= 0.6 is 11.8 Å². The fourth-order valence-electron chi connectivity index (χ4n) is 1.80. The van der Waals surface area contributed by atoms with Crippen LogP contribution in [-0.4, -0.2) is 16.8 Å². The molecule has 2 rings (SSSR count). The minimum absolute atomic E-state index is 0.0930. The van der Waals surface area contributed by atoms with E-state index in [0.29, 0.717) is 5.88 Å². The number of ether oxygens (including phenoxy) is 1. The molecule has 3 nitrogen and oxygen atoms in total. The van der Waals surface area contributed by atoms with Crippen molar-refractivity contribution in [3.63, 3.8) is 0 Å². The van der Waals surface area contributed by atoms with Crippen LogP contribution < -0.4 is 10.1 Å². The van der Waals surface area contributed by atoms with E-state index in [-0.39, 0.29) is 5.54 Å². The fourth-order valence-corrected chi connectivity index (χ4v) is 2.32.